The van der Waals surface area contributed by atoms with Gasteiger partial charge >= 0.3 is 14.0 Å². The van der Waals surface area contributed by atoms with Crippen LogP contribution in [-0.2, 0) is 20.1 Å². The zero-order chi connectivity index (χ0) is 37.7. The summed E-state index contributed by atoms with van der Waals surface area (Å²) in [6.07, 6.45) is 7.85. The minimum Gasteiger partial charge on any atom is -0.507 e. The van der Waals surface area contributed by atoms with Gasteiger partial charge in [0.25, 0.3) is 0 Å². The van der Waals surface area contributed by atoms with Crippen LogP contribution in [0.15, 0.2) is 97.6 Å². The molecule has 0 amide bonds. The number of hydrogen-bond acceptors (Lipinski definition) is 5. The van der Waals surface area contributed by atoms with Gasteiger partial charge in [-0.15, -0.1) is 24.3 Å². The van der Waals surface area contributed by atoms with E-state index in [1.807, 2.05) is 30.7 Å². The Kier molecular flexibility index (Phi) is 11.4. The van der Waals surface area contributed by atoms with Crippen molar-refractivity contribution in [3.63, 3.8) is 0 Å². The van der Waals surface area contributed by atoms with Crippen molar-refractivity contribution in [2.24, 2.45) is 0 Å². The Balaban J connectivity index is 0.000000181. The number of hydrogen-bond donors (Lipinski definition) is 1. The van der Waals surface area contributed by atoms with Gasteiger partial charge in [-0.1, -0.05) is 109 Å². The first-order chi connectivity index (χ1) is 25.4. The molecule has 0 spiro atoms. The zero-order valence-electron chi connectivity index (χ0n) is 33.2. The molecule has 279 valence electrons. The van der Waals surface area contributed by atoms with E-state index in [0.29, 0.717) is 23.7 Å². The van der Waals surface area contributed by atoms with Crippen molar-refractivity contribution in [3.05, 3.63) is 126 Å². The summed E-state index contributed by atoms with van der Waals surface area (Å²) in [4.78, 5) is 13.9. The molecule has 10 heteroatoms. The van der Waals surface area contributed by atoms with Gasteiger partial charge in [-0.3, -0.25) is 4.98 Å². The second-order valence-corrected chi connectivity index (χ2v) is 15.7. The maximum atomic E-state index is 10.5. The van der Waals surface area contributed by atoms with Gasteiger partial charge in [0.2, 0.25) is 0 Å². The monoisotopic (exact) mass is 894 g/mol. The van der Waals surface area contributed by atoms with Gasteiger partial charge in [0.05, 0.1) is 5.56 Å². The molecule has 6 aromatic rings. The van der Waals surface area contributed by atoms with Gasteiger partial charge in [-0.05, 0) is 83.1 Å². The van der Waals surface area contributed by atoms with Crippen LogP contribution in [0.2, 0.25) is 0 Å². The van der Waals surface area contributed by atoms with Crippen LogP contribution in [0.3, 0.4) is 0 Å². The summed E-state index contributed by atoms with van der Waals surface area (Å²) in [6.45, 7) is 18.2. The zero-order valence-corrected chi connectivity index (χ0v) is 35.6. The number of phenols is 1. The van der Waals surface area contributed by atoms with Gasteiger partial charge in [0.1, 0.15) is 11.6 Å². The van der Waals surface area contributed by atoms with E-state index in [4.69, 9.17) is 0 Å². The van der Waals surface area contributed by atoms with Crippen molar-refractivity contribution in [2.75, 3.05) is 23.7 Å². The van der Waals surface area contributed by atoms with E-state index in [0.717, 1.165) is 28.5 Å². The fraction of sp³-hybridized carbons (Fsp3) is 0.318. The average molecular weight is 894 g/mol. The van der Waals surface area contributed by atoms with Gasteiger partial charge in [0.15, 0.2) is 0 Å². The number of fused-ring (bicyclic) bond motifs is 6. The number of aromatic hydroxyl groups is 1. The molecule has 0 atom stereocenters. The van der Waals surface area contributed by atoms with Crippen molar-refractivity contribution in [2.45, 2.75) is 79.1 Å². The molecule has 8 rings (SSSR count). The molecule has 0 aliphatic carbocycles. The van der Waals surface area contributed by atoms with E-state index >= 15 is 0 Å². The molecule has 0 bridgehead atoms. The summed E-state index contributed by atoms with van der Waals surface area (Å²) in [7, 11) is 4.29. The minimum absolute atomic E-state index is 0. The molecule has 2 aromatic heterocycles. The number of rotatable bonds is 6. The van der Waals surface area contributed by atoms with Gasteiger partial charge in [-0.2, -0.15) is 0 Å². The van der Waals surface area contributed by atoms with Crippen LogP contribution in [0.5, 0.6) is 5.75 Å². The van der Waals surface area contributed by atoms with Crippen molar-refractivity contribution < 1.29 is 25.2 Å². The Hall–Kier alpha value is -4.52. The standard InChI is InChI=1S/C22H26BN3O.C22H25BN3.Ir/c1-14(2)16-8-6-9-17(15(3)4)21(16)23-25(5)18-10-7-11-19(27)20(18)22-24-12-13-26(22)23;1-15(2)17-10-8-11-18(16(3)4)21(17)23-25(5)20-12-7-6-9-19(20)22-24-13-14-26(22)23;/h6-15,27H,1-5H3;6-8,10-16H,1-5H3;/q;-1;. The molecule has 1 N–H and O–H groups in total. The molecular weight excluding hydrogens is 842 g/mol. The van der Waals surface area contributed by atoms with Crippen LogP contribution in [0, 0.1) is 6.07 Å². The van der Waals surface area contributed by atoms with E-state index in [1.165, 1.54) is 38.9 Å². The van der Waals surface area contributed by atoms with Gasteiger partial charge in [-0.25, -0.2) is 4.98 Å². The molecule has 4 aromatic carbocycles. The van der Waals surface area contributed by atoms with E-state index in [2.05, 4.69) is 165 Å². The molecular formula is C44H51B2IrN6O-. The molecule has 0 unspecified atom stereocenters. The summed E-state index contributed by atoms with van der Waals surface area (Å²) in [5, 5.41) is 10.5. The number of nitrogens with zero attached hydrogens (tertiary/aromatic N) is 6. The van der Waals surface area contributed by atoms with Gasteiger partial charge in [0, 0.05) is 56.4 Å². The first-order valence-corrected chi connectivity index (χ1v) is 19.0. The topological polar surface area (TPSA) is 62.4 Å². The molecule has 2 aliphatic heterocycles. The van der Waals surface area contributed by atoms with Crippen LogP contribution in [0.1, 0.15) is 101 Å². The number of benzene rings is 4. The summed E-state index contributed by atoms with van der Waals surface area (Å²) < 4.78 is 4.49. The third-order valence-corrected chi connectivity index (χ3v) is 11.0. The summed E-state index contributed by atoms with van der Waals surface area (Å²) in [6, 6.07) is 28.7. The molecule has 0 saturated heterocycles. The van der Waals surface area contributed by atoms with E-state index in [-0.39, 0.29) is 39.8 Å². The number of imidazole rings is 2. The van der Waals surface area contributed by atoms with Crippen molar-refractivity contribution in [1.82, 2.24) is 18.9 Å². The minimum atomic E-state index is 0. The van der Waals surface area contributed by atoms with Crippen LogP contribution < -0.4 is 20.5 Å². The third kappa shape index (κ3) is 6.62. The summed E-state index contributed by atoms with van der Waals surface area (Å²) in [5.41, 5.74) is 12.4. The van der Waals surface area contributed by atoms with Crippen molar-refractivity contribution in [1.29, 1.82) is 0 Å². The fourth-order valence-electron chi connectivity index (χ4n) is 8.48. The maximum absolute atomic E-state index is 10.5. The maximum Gasteiger partial charge on any atom is 0.417 e. The predicted octanol–water partition coefficient (Wildman–Crippen LogP) is 8.48. The first-order valence-electron chi connectivity index (χ1n) is 19.0. The third-order valence-electron chi connectivity index (χ3n) is 11.0. The predicted molar refractivity (Wildman–Crippen MR) is 223 cm³/mol. The molecule has 54 heavy (non-hydrogen) atoms. The normalized spacial score (nSPS) is 13.1. The van der Waals surface area contributed by atoms with Gasteiger partial charge < -0.3 is 23.7 Å². The van der Waals surface area contributed by atoms with E-state index < -0.39 is 0 Å². The molecule has 0 fully saturated rings. The molecule has 4 heterocycles. The summed E-state index contributed by atoms with van der Waals surface area (Å²) in [5.74, 6) is 3.86. The largest absolute Gasteiger partial charge is 0.507 e. The Morgan fingerprint density at radius 1 is 0.574 bits per heavy atom. The summed E-state index contributed by atoms with van der Waals surface area (Å²) >= 11 is 0. The molecule has 2 aliphatic rings. The van der Waals surface area contributed by atoms with Crippen LogP contribution in [0.25, 0.3) is 22.8 Å². The quantitative estimate of drug-likeness (QED) is 0.134. The average Bonchev–Trinajstić information content (AvgIpc) is 3.83. The van der Waals surface area contributed by atoms with E-state index in [9.17, 15) is 5.11 Å². The molecule has 7 nitrogen and oxygen atoms in total. The first kappa shape index (κ1) is 39.2. The van der Waals surface area contributed by atoms with Crippen LogP contribution in [-0.4, -0.2) is 52.1 Å². The molecule has 1 radical (unpaired) electrons. The number of phenolic OH excluding ortho intramolecular Hbond substituents is 1. The van der Waals surface area contributed by atoms with Crippen molar-refractivity contribution in [3.8, 4) is 28.5 Å². The second kappa shape index (κ2) is 15.7. The Bertz CT molecular complexity index is 2210. The smallest absolute Gasteiger partial charge is 0.417 e. The molecule has 0 saturated carbocycles. The Morgan fingerprint density at radius 3 is 1.50 bits per heavy atom. The Morgan fingerprint density at radius 2 is 1.00 bits per heavy atom. The van der Waals surface area contributed by atoms with Crippen LogP contribution >= 0.6 is 0 Å². The SMILES string of the molecule is CC(C)c1cccc(C(C)C)c1B1N(C)c2ccc[c-]c2-c2nccn21.CC(C)c1cccc(C(C)C)c1B1N(C)c2cccc(O)c2-c2nccn21.[Ir]. The second-order valence-electron chi connectivity index (χ2n) is 15.7. The van der Waals surface area contributed by atoms with Crippen LogP contribution in [0.4, 0.5) is 11.4 Å². The van der Waals surface area contributed by atoms with Crippen molar-refractivity contribution >= 4 is 36.3 Å². The number of anilines is 2. The fourth-order valence-corrected chi connectivity index (χ4v) is 8.48. The Labute approximate surface area is 336 Å². The number of aromatic nitrogens is 4. The van der Waals surface area contributed by atoms with E-state index in [1.54, 1.807) is 6.07 Å².